The molecule has 192 valence electrons. The second-order valence-electron chi connectivity index (χ2n) is 10.2. The van der Waals surface area contributed by atoms with Crippen molar-refractivity contribution in [3.63, 3.8) is 0 Å². The lowest BCUT2D eigenvalue weighted by molar-refractivity contribution is 0.0695. The minimum atomic E-state index is -0.501. The molecule has 4 heterocycles. The number of amides is 1. The second kappa shape index (κ2) is 8.95. The van der Waals surface area contributed by atoms with Gasteiger partial charge in [-0.05, 0) is 49.1 Å². The predicted octanol–water partition coefficient (Wildman–Crippen LogP) is 4.58. The zero-order valence-corrected chi connectivity index (χ0v) is 21.0. The van der Waals surface area contributed by atoms with Gasteiger partial charge in [0.2, 0.25) is 5.95 Å². The van der Waals surface area contributed by atoms with Crippen LogP contribution in [-0.4, -0.2) is 51.0 Å². The summed E-state index contributed by atoms with van der Waals surface area (Å²) in [7, 11) is 1.86. The molecule has 38 heavy (non-hydrogen) atoms. The van der Waals surface area contributed by atoms with Gasteiger partial charge in [0.1, 0.15) is 11.4 Å². The highest BCUT2D eigenvalue weighted by atomic mass is 19.1. The van der Waals surface area contributed by atoms with Gasteiger partial charge in [-0.25, -0.2) is 9.67 Å². The molecule has 2 aromatic heterocycles. The van der Waals surface area contributed by atoms with Gasteiger partial charge in [-0.15, -0.1) is 0 Å². The van der Waals surface area contributed by atoms with E-state index in [1.807, 2.05) is 66.3 Å². The van der Waals surface area contributed by atoms with Gasteiger partial charge < -0.3 is 15.1 Å². The number of nitrogens with one attached hydrogen (secondary N) is 2. The Kier molecular flexibility index (Phi) is 5.40. The summed E-state index contributed by atoms with van der Waals surface area (Å²) in [6.07, 6.45) is 3.17. The third-order valence-corrected chi connectivity index (χ3v) is 7.88. The molecule has 1 saturated heterocycles. The molecule has 2 aliphatic heterocycles. The van der Waals surface area contributed by atoms with Gasteiger partial charge in [-0.1, -0.05) is 48.5 Å². The van der Waals surface area contributed by atoms with Crippen molar-refractivity contribution in [3.8, 4) is 11.3 Å². The van der Waals surface area contributed by atoms with Crippen LogP contribution < -0.4 is 15.5 Å². The molecule has 3 aliphatic rings. The molecule has 0 bridgehead atoms. The summed E-state index contributed by atoms with van der Waals surface area (Å²) in [5.41, 5.74) is 3.93. The van der Waals surface area contributed by atoms with E-state index in [1.54, 1.807) is 17.0 Å². The van der Waals surface area contributed by atoms with Gasteiger partial charge in [-0.2, -0.15) is 9.49 Å². The number of halogens is 1. The lowest BCUT2D eigenvalue weighted by Gasteiger charge is -2.39. The fourth-order valence-corrected chi connectivity index (χ4v) is 6.03. The Balaban J connectivity index is 1.28. The first-order chi connectivity index (χ1) is 18.6. The van der Waals surface area contributed by atoms with E-state index in [0.717, 1.165) is 35.5 Å². The Hall–Kier alpha value is -4.24. The summed E-state index contributed by atoms with van der Waals surface area (Å²) in [6, 6.07) is 23.2. The normalized spacial score (nSPS) is 21.8. The zero-order chi connectivity index (χ0) is 25.8. The molecule has 2 fully saturated rings. The van der Waals surface area contributed by atoms with Crippen molar-refractivity contribution in [1.82, 2.24) is 25.0 Å². The Bertz CT molecular complexity index is 1500. The van der Waals surface area contributed by atoms with Crippen LogP contribution in [0.25, 0.3) is 11.3 Å². The number of aromatic nitrogens is 3. The predicted molar refractivity (Wildman–Crippen MR) is 144 cm³/mol. The Morgan fingerprint density at radius 3 is 2.63 bits per heavy atom. The number of anilines is 3. The molecule has 9 heteroatoms. The van der Waals surface area contributed by atoms with Crippen molar-refractivity contribution in [2.45, 2.75) is 44.2 Å². The number of carbonyl (C=O) groups excluding carboxylic acids is 1. The van der Waals surface area contributed by atoms with Crippen LogP contribution in [0.4, 0.5) is 21.7 Å². The average molecular weight is 510 g/mol. The van der Waals surface area contributed by atoms with Crippen molar-refractivity contribution in [2.75, 3.05) is 17.3 Å². The topological polar surface area (TPSA) is 78.3 Å². The largest absolute Gasteiger partial charge is 0.340 e. The third kappa shape index (κ3) is 3.73. The molecule has 1 amide bonds. The molecule has 7 rings (SSSR count). The minimum absolute atomic E-state index is 0.0501. The lowest BCUT2D eigenvalue weighted by atomic mass is 10.1. The standard InChI is InChI=1S/C29H28FN7O/c1-35-28(38)25-26(31-20-7-3-2-4-8-20)36(34-27(25)37-23-11-5-10-22(23)33-29(35)37)17-18-13-15-19(16-14-18)21-9-6-12-24(30)32-21/h2-4,6-9,12-16,22-23,29,31,33H,5,10-11,17H2,1H3. The van der Waals surface area contributed by atoms with E-state index in [1.165, 1.54) is 12.5 Å². The van der Waals surface area contributed by atoms with Crippen LogP contribution in [0.15, 0.2) is 72.8 Å². The number of carbonyl (C=O) groups is 1. The molecule has 1 aliphatic carbocycles. The van der Waals surface area contributed by atoms with Crippen LogP contribution in [0, 0.1) is 5.95 Å². The SMILES string of the molecule is CN1C(=O)c2c(nn(Cc3ccc(-c4cccc(F)n4)cc3)c2Nc2ccccc2)N2C3CCCC3NC12. The number of rotatable bonds is 5. The molecular formula is C29H28FN7O. The highest BCUT2D eigenvalue weighted by Crippen LogP contribution is 2.43. The Labute approximate surface area is 220 Å². The number of nitrogens with zero attached hydrogens (tertiary/aromatic N) is 5. The molecule has 1 saturated carbocycles. The van der Waals surface area contributed by atoms with Crippen LogP contribution in [0.1, 0.15) is 35.2 Å². The quantitative estimate of drug-likeness (QED) is 0.384. The maximum absolute atomic E-state index is 13.7. The molecule has 8 nitrogen and oxygen atoms in total. The number of para-hydroxylation sites is 1. The third-order valence-electron chi connectivity index (χ3n) is 7.88. The minimum Gasteiger partial charge on any atom is -0.340 e. The first-order valence-corrected chi connectivity index (χ1v) is 13.0. The maximum atomic E-state index is 13.7. The maximum Gasteiger partial charge on any atom is 0.263 e. The summed E-state index contributed by atoms with van der Waals surface area (Å²) in [5.74, 6) is 0.864. The number of hydrogen-bond acceptors (Lipinski definition) is 6. The Morgan fingerprint density at radius 2 is 1.84 bits per heavy atom. The summed E-state index contributed by atoms with van der Waals surface area (Å²) >= 11 is 0. The second-order valence-corrected chi connectivity index (χ2v) is 10.2. The Morgan fingerprint density at radius 1 is 1.03 bits per heavy atom. The van der Waals surface area contributed by atoms with E-state index < -0.39 is 5.95 Å². The smallest absolute Gasteiger partial charge is 0.263 e. The fraction of sp³-hybridized carbons (Fsp3) is 0.276. The molecule has 3 atom stereocenters. The number of benzene rings is 2. The van der Waals surface area contributed by atoms with Crippen LogP contribution in [0.5, 0.6) is 0 Å². The van der Waals surface area contributed by atoms with E-state index >= 15 is 0 Å². The van der Waals surface area contributed by atoms with Gasteiger partial charge in [-0.3, -0.25) is 10.1 Å². The first kappa shape index (κ1) is 22.9. The van der Waals surface area contributed by atoms with E-state index in [4.69, 9.17) is 5.10 Å². The van der Waals surface area contributed by atoms with Crippen LogP contribution in [0.3, 0.4) is 0 Å². The average Bonchev–Trinajstić information content (AvgIpc) is 3.62. The highest BCUT2D eigenvalue weighted by Gasteiger charge is 2.52. The molecule has 2 aromatic carbocycles. The highest BCUT2D eigenvalue weighted by molar-refractivity contribution is 6.06. The van der Waals surface area contributed by atoms with Crippen LogP contribution >= 0.6 is 0 Å². The van der Waals surface area contributed by atoms with Crippen LogP contribution in [-0.2, 0) is 6.54 Å². The lowest BCUT2D eigenvalue weighted by Crippen LogP contribution is -2.56. The van der Waals surface area contributed by atoms with Crippen LogP contribution in [0.2, 0.25) is 0 Å². The molecule has 0 radical (unpaired) electrons. The van der Waals surface area contributed by atoms with Crippen molar-refractivity contribution >= 4 is 23.2 Å². The summed E-state index contributed by atoms with van der Waals surface area (Å²) in [5, 5.41) is 12.2. The van der Waals surface area contributed by atoms with Gasteiger partial charge >= 0.3 is 0 Å². The van der Waals surface area contributed by atoms with Gasteiger partial charge in [0.05, 0.1) is 12.2 Å². The van der Waals surface area contributed by atoms with Gasteiger partial charge in [0, 0.05) is 30.4 Å². The molecule has 4 aromatic rings. The van der Waals surface area contributed by atoms with Gasteiger partial charge in [0.15, 0.2) is 12.1 Å². The van der Waals surface area contributed by atoms with E-state index in [0.29, 0.717) is 35.7 Å². The number of fused-ring (bicyclic) bond motifs is 5. The zero-order valence-electron chi connectivity index (χ0n) is 21.0. The fourth-order valence-electron chi connectivity index (χ4n) is 6.03. The molecule has 3 unspecified atom stereocenters. The molecule has 2 N–H and O–H groups in total. The van der Waals surface area contributed by atoms with Crippen molar-refractivity contribution in [2.24, 2.45) is 0 Å². The van der Waals surface area contributed by atoms with Crippen molar-refractivity contribution < 1.29 is 9.18 Å². The number of pyridine rings is 1. The van der Waals surface area contributed by atoms with E-state index in [9.17, 15) is 9.18 Å². The summed E-state index contributed by atoms with van der Waals surface area (Å²) in [6.45, 7) is 0.468. The van der Waals surface area contributed by atoms with E-state index in [2.05, 4.69) is 20.5 Å². The van der Waals surface area contributed by atoms with Crippen molar-refractivity contribution in [1.29, 1.82) is 0 Å². The van der Waals surface area contributed by atoms with E-state index in [-0.39, 0.29) is 12.2 Å². The summed E-state index contributed by atoms with van der Waals surface area (Å²) in [4.78, 5) is 21.8. The van der Waals surface area contributed by atoms with Crippen molar-refractivity contribution in [3.05, 3.63) is 89.9 Å². The first-order valence-electron chi connectivity index (χ1n) is 13.0. The summed E-state index contributed by atoms with van der Waals surface area (Å²) < 4.78 is 15.5. The molecular weight excluding hydrogens is 481 g/mol. The molecule has 0 spiro atoms. The number of hydrogen-bond donors (Lipinski definition) is 2. The van der Waals surface area contributed by atoms with Gasteiger partial charge in [0.25, 0.3) is 5.91 Å². The monoisotopic (exact) mass is 509 g/mol.